The van der Waals surface area contributed by atoms with Gasteiger partial charge in [0.2, 0.25) is 5.65 Å². The van der Waals surface area contributed by atoms with Crippen LogP contribution in [0.1, 0.15) is 31.1 Å². The van der Waals surface area contributed by atoms with Crippen LogP contribution in [0.2, 0.25) is 5.15 Å². The molecule has 0 bridgehead atoms. The Labute approximate surface area is 203 Å². The second-order valence-electron chi connectivity index (χ2n) is 9.80. The second-order valence-corrected chi connectivity index (χ2v) is 10.2. The summed E-state index contributed by atoms with van der Waals surface area (Å²) in [6, 6.07) is 11.7. The summed E-state index contributed by atoms with van der Waals surface area (Å²) in [6.45, 7) is 9.87. The van der Waals surface area contributed by atoms with E-state index in [1.165, 1.54) is 0 Å². The molecule has 1 fully saturated rings. The van der Waals surface area contributed by atoms with Crippen molar-refractivity contribution < 1.29 is 9.21 Å². The van der Waals surface area contributed by atoms with Gasteiger partial charge in [0.25, 0.3) is 11.9 Å². The molecule has 4 heterocycles. The highest BCUT2D eigenvalue weighted by Gasteiger charge is 2.25. The molecule has 1 saturated heterocycles. The monoisotopic (exact) mass is 478 g/mol. The molecular formula is C25H27ClN6O2. The van der Waals surface area contributed by atoms with Crippen LogP contribution in [0.4, 0.5) is 6.01 Å². The van der Waals surface area contributed by atoms with Crippen molar-refractivity contribution in [2.45, 2.75) is 27.3 Å². The summed E-state index contributed by atoms with van der Waals surface area (Å²) < 4.78 is 7.78. The maximum Gasteiger partial charge on any atom is 0.300 e. The zero-order valence-electron chi connectivity index (χ0n) is 19.5. The van der Waals surface area contributed by atoms with Crippen LogP contribution in [0.5, 0.6) is 0 Å². The quantitative estimate of drug-likeness (QED) is 0.394. The van der Waals surface area contributed by atoms with E-state index in [9.17, 15) is 4.79 Å². The Kier molecular flexibility index (Phi) is 5.77. The summed E-state index contributed by atoms with van der Waals surface area (Å²) in [6.07, 6.45) is 3.92. The van der Waals surface area contributed by atoms with Gasteiger partial charge in [0.1, 0.15) is 5.15 Å². The number of pyridine rings is 1. The van der Waals surface area contributed by atoms with Gasteiger partial charge in [-0.3, -0.25) is 9.48 Å². The maximum absolute atomic E-state index is 13.1. The lowest BCUT2D eigenvalue weighted by Gasteiger charge is -2.33. The minimum Gasteiger partial charge on any atom is -0.422 e. The third-order valence-corrected chi connectivity index (χ3v) is 5.99. The first-order valence-electron chi connectivity index (χ1n) is 11.4. The van der Waals surface area contributed by atoms with E-state index in [-0.39, 0.29) is 11.3 Å². The Balaban J connectivity index is 1.21. The molecule has 1 aliphatic heterocycles. The van der Waals surface area contributed by atoms with E-state index in [2.05, 4.69) is 42.0 Å². The standard InChI is InChI=1S/C25H27ClN6O2/c1-25(2,3)16-32-15-19(14-27-32)17-4-6-18(7-5-17)23(33)30-10-12-31(13-11-30)24-29-22-20(34-24)8-9-21(26)28-22/h4-9,14-15H,10-13,16H2,1-3H3. The fraction of sp³-hybridized carbons (Fsp3) is 0.360. The van der Waals surface area contributed by atoms with Gasteiger partial charge in [-0.05, 0) is 35.2 Å². The van der Waals surface area contributed by atoms with Gasteiger partial charge >= 0.3 is 0 Å². The highest BCUT2D eigenvalue weighted by molar-refractivity contribution is 6.29. The normalized spacial score (nSPS) is 14.7. The number of carbonyl (C=O) groups excluding carboxylic acids is 1. The average Bonchev–Trinajstić information content (AvgIpc) is 3.44. The molecule has 3 aromatic heterocycles. The van der Waals surface area contributed by atoms with Gasteiger partial charge in [-0.25, -0.2) is 4.98 Å². The number of hydrogen-bond acceptors (Lipinski definition) is 6. The predicted molar refractivity (Wildman–Crippen MR) is 132 cm³/mol. The zero-order valence-corrected chi connectivity index (χ0v) is 20.3. The number of nitrogens with zero attached hydrogens (tertiary/aromatic N) is 6. The summed E-state index contributed by atoms with van der Waals surface area (Å²) in [5.74, 6) is 0.0284. The molecule has 176 valence electrons. The first-order valence-corrected chi connectivity index (χ1v) is 11.7. The number of piperazine rings is 1. The molecule has 0 aliphatic carbocycles. The molecule has 5 rings (SSSR count). The topological polar surface area (TPSA) is 80.3 Å². The summed E-state index contributed by atoms with van der Waals surface area (Å²) in [5, 5.41) is 4.85. The number of amides is 1. The molecule has 34 heavy (non-hydrogen) atoms. The van der Waals surface area contributed by atoms with Gasteiger partial charge in [0, 0.05) is 50.0 Å². The molecule has 1 aromatic carbocycles. The summed E-state index contributed by atoms with van der Waals surface area (Å²) >= 11 is 5.94. The minimum atomic E-state index is 0.0284. The van der Waals surface area contributed by atoms with Crippen molar-refractivity contribution >= 4 is 34.8 Å². The Morgan fingerprint density at radius 3 is 2.44 bits per heavy atom. The van der Waals surface area contributed by atoms with Crippen LogP contribution in [0.3, 0.4) is 0 Å². The first-order chi connectivity index (χ1) is 16.2. The Hall–Kier alpha value is -3.39. The summed E-state index contributed by atoms with van der Waals surface area (Å²) in [5.41, 5.74) is 4.03. The first kappa shape index (κ1) is 22.4. The van der Waals surface area contributed by atoms with Gasteiger partial charge in [-0.1, -0.05) is 44.5 Å². The van der Waals surface area contributed by atoms with Crippen molar-refractivity contribution in [2.75, 3.05) is 31.1 Å². The van der Waals surface area contributed by atoms with Crippen molar-refractivity contribution in [2.24, 2.45) is 5.41 Å². The molecule has 0 atom stereocenters. The van der Waals surface area contributed by atoms with Gasteiger partial charge in [-0.2, -0.15) is 10.1 Å². The Bertz CT molecular complexity index is 1310. The Morgan fingerprint density at radius 1 is 1.00 bits per heavy atom. The molecule has 9 heteroatoms. The van der Waals surface area contributed by atoms with Crippen molar-refractivity contribution in [3.05, 3.63) is 59.5 Å². The lowest BCUT2D eigenvalue weighted by Crippen LogP contribution is -2.48. The summed E-state index contributed by atoms with van der Waals surface area (Å²) in [4.78, 5) is 25.6. The van der Waals surface area contributed by atoms with Gasteiger partial charge < -0.3 is 14.2 Å². The van der Waals surface area contributed by atoms with E-state index < -0.39 is 0 Å². The number of oxazole rings is 1. The van der Waals surface area contributed by atoms with E-state index in [1.807, 2.05) is 44.9 Å². The van der Waals surface area contributed by atoms with E-state index >= 15 is 0 Å². The van der Waals surface area contributed by atoms with Crippen LogP contribution < -0.4 is 4.90 Å². The van der Waals surface area contributed by atoms with Crippen molar-refractivity contribution in [1.82, 2.24) is 24.6 Å². The second kappa shape index (κ2) is 8.76. The zero-order chi connectivity index (χ0) is 23.9. The van der Waals surface area contributed by atoms with E-state index in [4.69, 9.17) is 16.0 Å². The number of aromatic nitrogens is 4. The number of fused-ring (bicyclic) bond motifs is 1. The third kappa shape index (κ3) is 4.77. The molecule has 1 aliphatic rings. The SMILES string of the molecule is CC(C)(C)Cn1cc(-c2ccc(C(=O)N3CCN(c4nc5nc(Cl)ccc5o4)CC3)cc2)cn1. The van der Waals surface area contributed by atoms with E-state index in [0.717, 1.165) is 17.7 Å². The minimum absolute atomic E-state index is 0.0284. The largest absolute Gasteiger partial charge is 0.422 e. The van der Waals surface area contributed by atoms with Crippen LogP contribution in [-0.2, 0) is 6.54 Å². The van der Waals surface area contributed by atoms with Gasteiger partial charge in [0.05, 0.1) is 6.20 Å². The Morgan fingerprint density at radius 2 is 1.74 bits per heavy atom. The number of anilines is 1. The van der Waals surface area contributed by atoms with Crippen molar-refractivity contribution in [3.63, 3.8) is 0 Å². The third-order valence-electron chi connectivity index (χ3n) is 5.78. The highest BCUT2D eigenvalue weighted by atomic mass is 35.5. The van der Waals surface area contributed by atoms with Crippen LogP contribution >= 0.6 is 11.6 Å². The fourth-order valence-electron chi connectivity index (χ4n) is 4.09. The van der Waals surface area contributed by atoms with Crippen LogP contribution in [0.15, 0.2) is 53.2 Å². The molecule has 0 N–H and O–H groups in total. The lowest BCUT2D eigenvalue weighted by molar-refractivity contribution is 0.0745. The molecule has 1 amide bonds. The smallest absolute Gasteiger partial charge is 0.300 e. The molecular weight excluding hydrogens is 452 g/mol. The summed E-state index contributed by atoms with van der Waals surface area (Å²) in [7, 11) is 0. The van der Waals surface area contributed by atoms with Crippen LogP contribution in [-0.4, -0.2) is 56.7 Å². The molecule has 0 spiro atoms. The number of carbonyl (C=O) groups is 1. The number of halogens is 1. The van der Waals surface area contributed by atoms with Crippen molar-refractivity contribution in [1.29, 1.82) is 0 Å². The molecule has 0 unspecified atom stereocenters. The van der Waals surface area contributed by atoms with Crippen LogP contribution in [0, 0.1) is 5.41 Å². The van der Waals surface area contributed by atoms with Gasteiger partial charge in [0.15, 0.2) is 5.58 Å². The predicted octanol–water partition coefficient (Wildman–Crippen LogP) is 4.75. The molecule has 4 aromatic rings. The van der Waals surface area contributed by atoms with E-state index in [1.54, 1.807) is 12.1 Å². The number of benzene rings is 1. The fourth-order valence-corrected chi connectivity index (χ4v) is 4.24. The highest BCUT2D eigenvalue weighted by Crippen LogP contribution is 2.25. The number of hydrogen-bond donors (Lipinski definition) is 0. The lowest BCUT2D eigenvalue weighted by atomic mass is 9.97. The molecule has 0 saturated carbocycles. The van der Waals surface area contributed by atoms with Gasteiger partial charge in [-0.15, -0.1) is 0 Å². The molecule has 8 nitrogen and oxygen atoms in total. The maximum atomic E-state index is 13.1. The number of rotatable bonds is 4. The van der Waals surface area contributed by atoms with Crippen LogP contribution in [0.25, 0.3) is 22.4 Å². The molecule has 0 radical (unpaired) electrons. The van der Waals surface area contributed by atoms with Crippen molar-refractivity contribution in [3.8, 4) is 11.1 Å². The van der Waals surface area contributed by atoms with E-state index in [0.29, 0.717) is 54.1 Å². The average molecular weight is 479 g/mol.